The Morgan fingerprint density at radius 3 is 2.71 bits per heavy atom. The van der Waals surface area contributed by atoms with E-state index in [4.69, 9.17) is 10.5 Å². The lowest BCUT2D eigenvalue weighted by atomic mass is 10.1. The Kier molecular flexibility index (Phi) is 4.82. The van der Waals surface area contributed by atoms with Crippen molar-refractivity contribution in [2.45, 2.75) is 20.8 Å². The number of carbonyl (C=O) groups excluding carboxylic acids is 1. The average Bonchev–Trinajstić information content (AvgIpc) is 2.27. The van der Waals surface area contributed by atoms with Gasteiger partial charge < -0.3 is 15.8 Å². The highest BCUT2D eigenvalue weighted by molar-refractivity contribution is 5.95. The lowest BCUT2D eigenvalue weighted by Gasteiger charge is -2.11. The standard InChI is InChI=1S/C13H20N2O2/c1-4-15-13(16)10-5-6-12(11(14)7-10)17-8-9(2)3/h5-7,9H,4,8,14H2,1-3H3,(H,15,16). The van der Waals surface area contributed by atoms with Crippen LogP contribution in [0.1, 0.15) is 31.1 Å². The minimum atomic E-state index is -0.116. The lowest BCUT2D eigenvalue weighted by molar-refractivity contribution is 0.0956. The summed E-state index contributed by atoms with van der Waals surface area (Å²) in [7, 11) is 0. The quantitative estimate of drug-likeness (QED) is 0.769. The maximum atomic E-state index is 11.6. The molecule has 0 aliphatic carbocycles. The summed E-state index contributed by atoms with van der Waals surface area (Å²) >= 11 is 0. The summed E-state index contributed by atoms with van der Waals surface area (Å²) in [5.41, 5.74) is 6.89. The van der Waals surface area contributed by atoms with Gasteiger partial charge in [0.05, 0.1) is 12.3 Å². The number of ether oxygens (including phenoxy) is 1. The van der Waals surface area contributed by atoms with Crippen LogP contribution in [0, 0.1) is 5.92 Å². The van der Waals surface area contributed by atoms with Crippen LogP contribution in [-0.2, 0) is 0 Å². The number of rotatable bonds is 5. The number of nitrogens with one attached hydrogen (secondary N) is 1. The van der Waals surface area contributed by atoms with Crippen LogP contribution in [0.25, 0.3) is 0 Å². The van der Waals surface area contributed by atoms with Crippen molar-refractivity contribution in [3.05, 3.63) is 23.8 Å². The number of hydrogen-bond acceptors (Lipinski definition) is 3. The summed E-state index contributed by atoms with van der Waals surface area (Å²) in [5.74, 6) is 0.957. The van der Waals surface area contributed by atoms with Crippen LogP contribution >= 0.6 is 0 Å². The van der Waals surface area contributed by atoms with Crippen LogP contribution in [0.15, 0.2) is 18.2 Å². The molecule has 0 aromatic heterocycles. The second kappa shape index (κ2) is 6.13. The Hall–Kier alpha value is -1.71. The molecule has 17 heavy (non-hydrogen) atoms. The Bertz CT molecular complexity index is 389. The third-order valence-electron chi connectivity index (χ3n) is 2.18. The molecule has 0 aliphatic heterocycles. The minimum absolute atomic E-state index is 0.116. The van der Waals surface area contributed by atoms with E-state index in [2.05, 4.69) is 19.2 Å². The van der Waals surface area contributed by atoms with Gasteiger partial charge in [-0.05, 0) is 31.0 Å². The first-order valence-electron chi connectivity index (χ1n) is 5.85. The van der Waals surface area contributed by atoms with Gasteiger partial charge in [-0.25, -0.2) is 0 Å². The van der Waals surface area contributed by atoms with E-state index in [1.54, 1.807) is 18.2 Å². The van der Waals surface area contributed by atoms with Crippen LogP contribution in [0.2, 0.25) is 0 Å². The first-order chi connectivity index (χ1) is 8.04. The first-order valence-corrected chi connectivity index (χ1v) is 5.85. The number of anilines is 1. The average molecular weight is 236 g/mol. The molecule has 0 spiro atoms. The van der Waals surface area contributed by atoms with Crippen molar-refractivity contribution in [1.82, 2.24) is 5.32 Å². The first kappa shape index (κ1) is 13.4. The zero-order chi connectivity index (χ0) is 12.8. The fourth-order valence-electron chi connectivity index (χ4n) is 1.34. The maximum absolute atomic E-state index is 11.6. The zero-order valence-electron chi connectivity index (χ0n) is 10.6. The predicted octanol–water partition coefficient (Wildman–Crippen LogP) is 2.05. The number of carbonyl (C=O) groups is 1. The number of hydrogen-bond donors (Lipinski definition) is 2. The van der Waals surface area contributed by atoms with Crippen molar-refractivity contribution in [3.8, 4) is 5.75 Å². The van der Waals surface area contributed by atoms with Crippen LogP contribution in [-0.4, -0.2) is 19.1 Å². The number of benzene rings is 1. The molecule has 1 rings (SSSR count). The molecule has 4 nitrogen and oxygen atoms in total. The molecule has 1 amide bonds. The van der Waals surface area contributed by atoms with Gasteiger partial charge in [-0.2, -0.15) is 0 Å². The van der Waals surface area contributed by atoms with Crippen molar-refractivity contribution in [2.75, 3.05) is 18.9 Å². The van der Waals surface area contributed by atoms with E-state index in [1.165, 1.54) is 0 Å². The highest BCUT2D eigenvalue weighted by atomic mass is 16.5. The van der Waals surface area contributed by atoms with E-state index >= 15 is 0 Å². The molecule has 0 saturated carbocycles. The summed E-state index contributed by atoms with van der Waals surface area (Å²) in [6, 6.07) is 5.10. The van der Waals surface area contributed by atoms with Gasteiger partial charge in [-0.15, -0.1) is 0 Å². The van der Waals surface area contributed by atoms with Crippen molar-refractivity contribution < 1.29 is 9.53 Å². The van der Waals surface area contributed by atoms with E-state index < -0.39 is 0 Å². The van der Waals surface area contributed by atoms with Gasteiger partial charge in [-0.3, -0.25) is 4.79 Å². The van der Waals surface area contributed by atoms with E-state index in [0.717, 1.165) is 0 Å². The van der Waals surface area contributed by atoms with Gasteiger partial charge in [0.15, 0.2) is 0 Å². The normalized spacial score (nSPS) is 10.4. The Labute approximate surface area is 102 Å². The van der Waals surface area contributed by atoms with Crippen molar-refractivity contribution >= 4 is 11.6 Å². The van der Waals surface area contributed by atoms with Crippen LogP contribution in [0.3, 0.4) is 0 Å². The molecule has 94 valence electrons. The van der Waals surface area contributed by atoms with Crippen LogP contribution in [0.5, 0.6) is 5.75 Å². The van der Waals surface area contributed by atoms with Gasteiger partial charge in [0.25, 0.3) is 5.91 Å². The highest BCUT2D eigenvalue weighted by Gasteiger charge is 2.08. The van der Waals surface area contributed by atoms with Gasteiger partial charge in [0.1, 0.15) is 5.75 Å². The Morgan fingerprint density at radius 1 is 1.47 bits per heavy atom. The molecular formula is C13H20N2O2. The monoisotopic (exact) mass is 236 g/mol. The third-order valence-corrected chi connectivity index (χ3v) is 2.18. The largest absolute Gasteiger partial charge is 0.491 e. The molecule has 1 aromatic carbocycles. The van der Waals surface area contributed by atoms with Crippen molar-refractivity contribution in [3.63, 3.8) is 0 Å². The number of amides is 1. The smallest absolute Gasteiger partial charge is 0.251 e. The number of nitrogens with two attached hydrogens (primary N) is 1. The lowest BCUT2D eigenvalue weighted by Crippen LogP contribution is -2.22. The van der Waals surface area contributed by atoms with E-state index in [0.29, 0.717) is 36.1 Å². The summed E-state index contributed by atoms with van der Waals surface area (Å²) in [6.45, 7) is 7.23. The molecule has 0 heterocycles. The number of nitrogen functional groups attached to an aromatic ring is 1. The fraction of sp³-hybridized carbons (Fsp3) is 0.462. The van der Waals surface area contributed by atoms with Crippen molar-refractivity contribution in [2.24, 2.45) is 5.92 Å². The second-order valence-electron chi connectivity index (χ2n) is 4.32. The maximum Gasteiger partial charge on any atom is 0.251 e. The molecule has 0 radical (unpaired) electrons. The van der Waals surface area contributed by atoms with E-state index in [9.17, 15) is 4.79 Å². The molecule has 1 aromatic rings. The molecule has 0 fully saturated rings. The molecular weight excluding hydrogens is 216 g/mol. The summed E-state index contributed by atoms with van der Waals surface area (Å²) < 4.78 is 5.54. The summed E-state index contributed by atoms with van der Waals surface area (Å²) in [4.78, 5) is 11.6. The minimum Gasteiger partial charge on any atom is -0.491 e. The molecule has 4 heteroatoms. The molecule has 3 N–H and O–H groups in total. The Balaban J connectivity index is 2.75. The summed E-state index contributed by atoms with van der Waals surface area (Å²) in [6.07, 6.45) is 0. The van der Waals surface area contributed by atoms with Gasteiger partial charge in [0, 0.05) is 12.1 Å². The SMILES string of the molecule is CCNC(=O)c1ccc(OCC(C)C)c(N)c1. The molecule has 0 atom stereocenters. The van der Waals surface area contributed by atoms with Gasteiger partial charge in [-0.1, -0.05) is 13.8 Å². The van der Waals surface area contributed by atoms with E-state index in [1.807, 2.05) is 6.92 Å². The summed E-state index contributed by atoms with van der Waals surface area (Å²) in [5, 5.41) is 2.72. The molecule has 0 saturated heterocycles. The predicted molar refractivity (Wildman–Crippen MR) is 69.2 cm³/mol. The fourth-order valence-corrected chi connectivity index (χ4v) is 1.34. The second-order valence-corrected chi connectivity index (χ2v) is 4.32. The van der Waals surface area contributed by atoms with Crippen molar-refractivity contribution in [1.29, 1.82) is 0 Å². The van der Waals surface area contributed by atoms with Gasteiger partial charge >= 0.3 is 0 Å². The van der Waals surface area contributed by atoms with Crippen LogP contribution < -0.4 is 15.8 Å². The molecule has 0 unspecified atom stereocenters. The molecule has 0 aliphatic rings. The van der Waals surface area contributed by atoms with Gasteiger partial charge in [0.2, 0.25) is 0 Å². The van der Waals surface area contributed by atoms with E-state index in [-0.39, 0.29) is 5.91 Å². The highest BCUT2D eigenvalue weighted by Crippen LogP contribution is 2.23. The zero-order valence-corrected chi connectivity index (χ0v) is 10.6. The molecule has 0 bridgehead atoms. The third kappa shape index (κ3) is 3.98. The topological polar surface area (TPSA) is 64.3 Å². The Morgan fingerprint density at radius 2 is 2.18 bits per heavy atom. The van der Waals surface area contributed by atoms with Crippen LogP contribution in [0.4, 0.5) is 5.69 Å².